The summed E-state index contributed by atoms with van der Waals surface area (Å²) in [6.45, 7) is 7.72. The molecule has 0 saturated carbocycles. The largest absolute Gasteiger partial charge is 0.466 e. The molecule has 14 heteroatoms. The molecule has 0 fully saturated rings. The second kappa shape index (κ2) is 34.3. The van der Waals surface area contributed by atoms with Crippen LogP contribution in [0.4, 0.5) is 0 Å². The Morgan fingerprint density at radius 1 is 0.423 bits per heavy atom. The molecule has 0 bridgehead atoms. The lowest BCUT2D eigenvalue weighted by molar-refractivity contribution is -0.163. The molecular formula is C38H62O14. The van der Waals surface area contributed by atoms with E-state index in [2.05, 4.69) is 13.2 Å². The number of aliphatic hydroxyl groups excluding tert-OH is 2. The predicted molar refractivity (Wildman–Crippen MR) is 190 cm³/mol. The Labute approximate surface area is 308 Å². The van der Waals surface area contributed by atoms with E-state index in [0.29, 0.717) is 70.6 Å². The Morgan fingerprint density at radius 2 is 0.750 bits per heavy atom. The number of unbranched alkanes of at least 4 members (excludes halogenated alkanes) is 9. The first kappa shape index (κ1) is 48.2. The van der Waals surface area contributed by atoms with Crippen LogP contribution in [0.25, 0.3) is 0 Å². The molecule has 0 spiro atoms. The third kappa shape index (κ3) is 26.9. The van der Waals surface area contributed by atoms with E-state index in [4.69, 9.17) is 38.6 Å². The molecule has 298 valence electrons. The number of hydrogen-bond donors (Lipinski definition) is 2. The van der Waals surface area contributed by atoms with Crippen LogP contribution in [0.15, 0.2) is 25.3 Å². The molecule has 14 nitrogen and oxygen atoms in total. The van der Waals surface area contributed by atoms with Crippen LogP contribution in [0, 0.1) is 11.8 Å². The van der Waals surface area contributed by atoms with E-state index in [-0.39, 0.29) is 90.5 Å². The maximum atomic E-state index is 12.6. The van der Waals surface area contributed by atoms with Gasteiger partial charge in [0.1, 0.15) is 13.2 Å². The molecule has 0 aliphatic heterocycles. The summed E-state index contributed by atoms with van der Waals surface area (Å²) in [5.74, 6) is -5.45. The van der Waals surface area contributed by atoms with Gasteiger partial charge in [0.2, 0.25) is 0 Å². The van der Waals surface area contributed by atoms with Gasteiger partial charge in [-0.1, -0.05) is 31.7 Å². The van der Waals surface area contributed by atoms with Crippen LogP contribution >= 0.6 is 0 Å². The first-order valence-electron chi connectivity index (χ1n) is 18.6. The van der Waals surface area contributed by atoms with Crippen LogP contribution in [-0.2, 0) is 57.2 Å². The fraction of sp³-hybridized carbons (Fsp3) is 0.737. The van der Waals surface area contributed by atoms with Gasteiger partial charge in [0.05, 0.1) is 26.4 Å². The maximum absolute atomic E-state index is 12.6. The van der Waals surface area contributed by atoms with Crippen molar-refractivity contribution in [3.8, 4) is 0 Å². The molecule has 0 amide bonds. The number of ether oxygens (including phenoxy) is 6. The van der Waals surface area contributed by atoms with Gasteiger partial charge in [0, 0.05) is 26.1 Å². The monoisotopic (exact) mass is 742 g/mol. The molecule has 0 radical (unpaired) electrons. The van der Waals surface area contributed by atoms with Gasteiger partial charge in [0.25, 0.3) is 0 Å². The SMILES string of the molecule is C=CCOC(=O)C(CCCCO)C(=O)OCCCCCC(=O)OCCCCCCOC(=O)C(CCCCOC(=O)CCCCCO)C(=O)OCC=C. The molecule has 0 rings (SSSR count). The fourth-order valence-electron chi connectivity index (χ4n) is 4.78. The number of esters is 6. The molecule has 0 aromatic rings. The van der Waals surface area contributed by atoms with Crippen LogP contribution in [0.3, 0.4) is 0 Å². The quantitative estimate of drug-likeness (QED) is 0.0294. The molecule has 0 aliphatic rings. The Morgan fingerprint density at radius 3 is 1.17 bits per heavy atom. The Hall–Kier alpha value is -3.78. The Balaban J connectivity index is 4.14. The second-order valence-corrected chi connectivity index (χ2v) is 12.2. The molecule has 2 unspecified atom stereocenters. The Bertz CT molecular complexity index is 1030. The summed E-state index contributed by atoms with van der Waals surface area (Å²) >= 11 is 0. The summed E-state index contributed by atoms with van der Waals surface area (Å²) in [6.07, 6.45) is 12.1. The maximum Gasteiger partial charge on any atom is 0.320 e. The lowest BCUT2D eigenvalue weighted by Crippen LogP contribution is -2.28. The van der Waals surface area contributed by atoms with Crippen LogP contribution in [0.5, 0.6) is 0 Å². The van der Waals surface area contributed by atoms with E-state index >= 15 is 0 Å². The van der Waals surface area contributed by atoms with Crippen molar-refractivity contribution in [1.82, 2.24) is 0 Å². The minimum Gasteiger partial charge on any atom is -0.466 e. The zero-order chi connectivity index (χ0) is 38.7. The number of aliphatic hydroxyl groups is 2. The van der Waals surface area contributed by atoms with Crippen molar-refractivity contribution >= 4 is 35.8 Å². The van der Waals surface area contributed by atoms with Gasteiger partial charge in [-0.05, 0) is 96.3 Å². The third-order valence-electron chi connectivity index (χ3n) is 7.73. The van der Waals surface area contributed by atoms with Gasteiger partial charge in [-0.25, -0.2) is 0 Å². The zero-order valence-corrected chi connectivity index (χ0v) is 30.9. The van der Waals surface area contributed by atoms with Gasteiger partial charge in [0.15, 0.2) is 11.8 Å². The molecule has 0 aromatic heterocycles. The van der Waals surface area contributed by atoms with E-state index in [1.807, 2.05) is 0 Å². The standard InChI is InChI=1S/C38H62O14/c1-3-25-49-35(43)31(19-11-14-24-40)37(45)52-30-17-8-10-22-34(42)47-27-15-5-6-16-29-51-38(46)32(36(44)50-26-4-2)20-12-18-28-48-33(41)21-9-7-13-23-39/h3-4,31-32,39-40H,1-2,5-30H2. The average Bonchev–Trinajstić information content (AvgIpc) is 3.13. The highest BCUT2D eigenvalue weighted by molar-refractivity contribution is 5.95. The summed E-state index contributed by atoms with van der Waals surface area (Å²) in [5, 5.41) is 17.7. The van der Waals surface area contributed by atoms with Crippen LogP contribution in [-0.4, -0.2) is 98.9 Å². The highest BCUT2D eigenvalue weighted by Crippen LogP contribution is 2.16. The smallest absolute Gasteiger partial charge is 0.320 e. The zero-order valence-electron chi connectivity index (χ0n) is 30.9. The van der Waals surface area contributed by atoms with Crippen LogP contribution in [0.1, 0.15) is 116 Å². The van der Waals surface area contributed by atoms with E-state index in [0.717, 1.165) is 19.3 Å². The van der Waals surface area contributed by atoms with Crippen molar-refractivity contribution in [3.63, 3.8) is 0 Å². The molecule has 0 aliphatic carbocycles. The normalized spacial score (nSPS) is 11.8. The summed E-state index contributed by atoms with van der Waals surface area (Å²) in [7, 11) is 0. The van der Waals surface area contributed by atoms with Gasteiger partial charge >= 0.3 is 35.8 Å². The molecule has 0 heterocycles. The molecule has 2 atom stereocenters. The Kier molecular flexibility index (Phi) is 31.8. The summed E-state index contributed by atoms with van der Waals surface area (Å²) in [6, 6.07) is 0. The summed E-state index contributed by atoms with van der Waals surface area (Å²) < 4.78 is 31.1. The topological polar surface area (TPSA) is 198 Å². The van der Waals surface area contributed by atoms with Gasteiger partial charge in [-0.15, -0.1) is 0 Å². The summed E-state index contributed by atoms with van der Waals surface area (Å²) in [5.41, 5.74) is 0. The average molecular weight is 743 g/mol. The fourth-order valence-corrected chi connectivity index (χ4v) is 4.78. The predicted octanol–water partition coefficient (Wildman–Crippen LogP) is 4.86. The van der Waals surface area contributed by atoms with E-state index < -0.39 is 35.7 Å². The third-order valence-corrected chi connectivity index (χ3v) is 7.73. The van der Waals surface area contributed by atoms with Gasteiger partial charge in [-0.3, -0.25) is 28.8 Å². The van der Waals surface area contributed by atoms with E-state index in [1.54, 1.807) is 0 Å². The summed E-state index contributed by atoms with van der Waals surface area (Å²) in [4.78, 5) is 73.4. The number of carbonyl (C=O) groups is 6. The lowest BCUT2D eigenvalue weighted by atomic mass is 10.0. The van der Waals surface area contributed by atoms with Crippen molar-refractivity contribution < 1.29 is 67.4 Å². The van der Waals surface area contributed by atoms with Crippen molar-refractivity contribution in [2.45, 2.75) is 116 Å². The van der Waals surface area contributed by atoms with E-state index in [9.17, 15) is 28.8 Å². The van der Waals surface area contributed by atoms with Crippen molar-refractivity contribution in [2.24, 2.45) is 11.8 Å². The first-order valence-corrected chi connectivity index (χ1v) is 18.6. The minimum atomic E-state index is -1.08. The van der Waals surface area contributed by atoms with Crippen LogP contribution < -0.4 is 0 Å². The van der Waals surface area contributed by atoms with Crippen molar-refractivity contribution in [1.29, 1.82) is 0 Å². The lowest BCUT2D eigenvalue weighted by Gasteiger charge is -2.15. The van der Waals surface area contributed by atoms with Crippen molar-refractivity contribution in [3.05, 3.63) is 25.3 Å². The highest BCUT2D eigenvalue weighted by atomic mass is 16.6. The molecule has 0 aromatic carbocycles. The molecule has 52 heavy (non-hydrogen) atoms. The molecule has 2 N–H and O–H groups in total. The highest BCUT2D eigenvalue weighted by Gasteiger charge is 2.30. The van der Waals surface area contributed by atoms with Crippen LogP contribution in [0.2, 0.25) is 0 Å². The molecular weight excluding hydrogens is 680 g/mol. The van der Waals surface area contributed by atoms with Gasteiger partial charge in [-0.2, -0.15) is 0 Å². The number of hydrogen-bond acceptors (Lipinski definition) is 14. The molecule has 0 saturated heterocycles. The van der Waals surface area contributed by atoms with E-state index in [1.165, 1.54) is 12.2 Å². The van der Waals surface area contributed by atoms with Gasteiger partial charge < -0.3 is 38.6 Å². The second-order valence-electron chi connectivity index (χ2n) is 12.2. The van der Waals surface area contributed by atoms with Crippen molar-refractivity contribution in [2.75, 3.05) is 52.9 Å². The first-order chi connectivity index (χ1) is 25.2. The minimum absolute atomic E-state index is 0.00553. The number of rotatable bonds is 35. The number of carbonyl (C=O) groups excluding carboxylic acids is 6.